The summed E-state index contributed by atoms with van der Waals surface area (Å²) in [5, 5.41) is 32.3. The van der Waals surface area contributed by atoms with Crippen LogP contribution < -0.4 is 0 Å². The lowest BCUT2D eigenvalue weighted by atomic mass is 9.78. The fourth-order valence-corrected chi connectivity index (χ4v) is 4.61. The van der Waals surface area contributed by atoms with Crippen molar-refractivity contribution in [2.75, 3.05) is 0 Å². The van der Waals surface area contributed by atoms with Crippen molar-refractivity contribution in [3.8, 4) is 17.4 Å². The van der Waals surface area contributed by atoms with Crippen LogP contribution in [0.15, 0.2) is 24.5 Å². The van der Waals surface area contributed by atoms with Crippen LogP contribution in [0.2, 0.25) is 0 Å². The fourth-order valence-electron chi connectivity index (χ4n) is 4.61. The summed E-state index contributed by atoms with van der Waals surface area (Å²) < 4.78 is 9.33. The standard InChI is InChI=1S/C18H19N3O4/c1-9-10(4-5-12-19-6-7-20(9)12)21-15(23)13-14(16(21)24)18(3)11(22)8-17(13,2)25-18/h4-7,11,22-24H,8H2,1-3H3/t11-,17?,18?/m1/s1. The summed E-state index contributed by atoms with van der Waals surface area (Å²) in [6.45, 7) is 5.49. The molecule has 7 heteroatoms. The van der Waals surface area contributed by atoms with Crippen molar-refractivity contribution in [3.63, 3.8) is 0 Å². The largest absolute Gasteiger partial charge is 0.494 e. The van der Waals surface area contributed by atoms with E-state index in [1.165, 1.54) is 4.57 Å². The van der Waals surface area contributed by atoms with Crippen molar-refractivity contribution < 1.29 is 20.1 Å². The van der Waals surface area contributed by atoms with E-state index in [9.17, 15) is 15.3 Å². The van der Waals surface area contributed by atoms with Gasteiger partial charge in [-0.25, -0.2) is 9.55 Å². The molecule has 2 bridgehead atoms. The van der Waals surface area contributed by atoms with E-state index < -0.39 is 17.3 Å². The first-order chi connectivity index (χ1) is 11.8. The van der Waals surface area contributed by atoms with Gasteiger partial charge in [-0.15, -0.1) is 0 Å². The number of imidazole rings is 1. The predicted octanol–water partition coefficient (Wildman–Crippen LogP) is 2.07. The third-order valence-electron chi connectivity index (χ3n) is 5.83. The van der Waals surface area contributed by atoms with E-state index in [1.807, 2.05) is 36.6 Å². The highest BCUT2D eigenvalue weighted by molar-refractivity contribution is 5.62. The Kier molecular flexibility index (Phi) is 2.47. The van der Waals surface area contributed by atoms with Crippen molar-refractivity contribution in [1.29, 1.82) is 0 Å². The Labute approximate surface area is 143 Å². The van der Waals surface area contributed by atoms with Crippen LogP contribution in [0.1, 0.15) is 37.1 Å². The van der Waals surface area contributed by atoms with Gasteiger partial charge in [0.1, 0.15) is 11.2 Å². The average Bonchev–Trinajstić information content (AvgIpc) is 3.22. The van der Waals surface area contributed by atoms with Crippen molar-refractivity contribution in [3.05, 3.63) is 41.3 Å². The molecule has 1 saturated heterocycles. The first kappa shape index (κ1) is 14.8. The lowest BCUT2D eigenvalue weighted by molar-refractivity contribution is -0.0936. The Morgan fingerprint density at radius 2 is 1.92 bits per heavy atom. The van der Waals surface area contributed by atoms with Crippen LogP contribution in [0.4, 0.5) is 0 Å². The monoisotopic (exact) mass is 341 g/mol. The summed E-state index contributed by atoms with van der Waals surface area (Å²) in [4.78, 5) is 4.25. The molecule has 2 unspecified atom stereocenters. The molecule has 0 aliphatic carbocycles. The van der Waals surface area contributed by atoms with Crippen molar-refractivity contribution in [2.24, 2.45) is 0 Å². The lowest BCUT2D eigenvalue weighted by Gasteiger charge is -2.25. The van der Waals surface area contributed by atoms with E-state index in [-0.39, 0.29) is 11.8 Å². The maximum Gasteiger partial charge on any atom is 0.205 e. The van der Waals surface area contributed by atoms with Crippen LogP contribution in [-0.2, 0) is 15.9 Å². The second kappa shape index (κ2) is 4.17. The number of hydrogen-bond donors (Lipinski definition) is 3. The van der Waals surface area contributed by atoms with Crippen LogP contribution in [0.25, 0.3) is 11.3 Å². The van der Waals surface area contributed by atoms with Gasteiger partial charge in [-0.05, 0) is 32.9 Å². The molecule has 5 heterocycles. The molecule has 0 radical (unpaired) electrons. The Morgan fingerprint density at radius 3 is 2.68 bits per heavy atom. The summed E-state index contributed by atoms with van der Waals surface area (Å²) in [5.74, 6) is -0.145. The molecule has 3 N–H and O–H groups in total. The van der Waals surface area contributed by atoms with Crippen LogP contribution in [0.3, 0.4) is 0 Å². The maximum atomic E-state index is 10.9. The van der Waals surface area contributed by atoms with Gasteiger partial charge in [0.2, 0.25) is 11.8 Å². The molecule has 3 aromatic heterocycles. The molecule has 2 aliphatic heterocycles. The van der Waals surface area contributed by atoms with E-state index in [1.54, 1.807) is 13.1 Å². The molecule has 0 spiro atoms. The summed E-state index contributed by atoms with van der Waals surface area (Å²) in [6, 6.07) is 3.64. The van der Waals surface area contributed by atoms with Crippen molar-refractivity contribution in [1.82, 2.24) is 14.0 Å². The number of pyridine rings is 1. The quantitative estimate of drug-likeness (QED) is 0.630. The molecule has 0 aromatic carbocycles. The average molecular weight is 341 g/mol. The lowest BCUT2D eigenvalue weighted by Crippen LogP contribution is -2.32. The molecular weight excluding hydrogens is 322 g/mol. The zero-order valence-electron chi connectivity index (χ0n) is 14.2. The number of fused-ring (bicyclic) bond motifs is 6. The van der Waals surface area contributed by atoms with Crippen LogP contribution in [-0.4, -0.2) is 35.4 Å². The number of rotatable bonds is 1. The molecule has 1 fully saturated rings. The number of hydrogen-bond acceptors (Lipinski definition) is 5. The van der Waals surface area contributed by atoms with Gasteiger partial charge in [-0.3, -0.25) is 0 Å². The molecule has 130 valence electrons. The molecule has 3 aromatic rings. The minimum absolute atomic E-state index is 0.0480. The smallest absolute Gasteiger partial charge is 0.205 e. The van der Waals surface area contributed by atoms with Gasteiger partial charge >= 0.3 is 0 Å². The number of nitrogens with zero attached hydrogens (tertiary/aromatic N) is 3. The van der Waals surface area contributed by atoms with Gasteiger partial charge in [0.15, 0.2) is 0 Å². The Balaban J connectivity index is 1.83. The van der Waals surface area contributed by atoms with E-state index in [0.29, 0.717) is 23.2 Å². The number of aromatic hydroxyl groups is 2. The van der Waals surface area contributed by atoms with Gasteiger partial charge in [0.25, 0.3) is 0 Å². The minimum Gasteiger partial charge on any atom is -0.494 e. The molecule has 2 aliphatic rings. The normalized spacial score (nSPS) is 30.3. The van der Waals surface area contributed by atoms with E-state index >= 15 is 0 Å². The molecular formula is C18H19N3O4. The first-order valence-corrected chi connectivity index (χ1v) is 8.27. The van der Waals surface area contributed by atoms with Crippen LogP contribution >= 0.6 is 0 Å². The minimum atomic E-state index is -1.02. The highest BCUT2D eigenvalue weighted by Gasteiger charge is 2.64. The Hall–Kier alpha value is -2.51. The summed E-state index contributed by atoms with van der Waals surface area (Å²) >= 11 is 0. The van der Waals surface area contributed by atoms with E-state index in [0.717, 1.165) is 11.3 Å². The molecule has 3 atom stereocenters. The van der Waals surface area contributed by atoms with Crippen molar-refractivity contribution >= 4 is 5.65 Å². The number of aryl methyl sites for hydroxylation is 1. The second-order valence-corrected chi connectivity index (χ2v) is 7.35. The third kappa shape index (κ3) is 1.51. The Morgan fingerprint density at radius 1 is 1.20 bits per heavy atom. The first-order valence-electron chi connectivity index (χ1n) is 8.27. The van der Waals surface area contributed by atoms with E-state index in [4.69, 9.17) is 4.74 Å². The van der Waals surface area contributed by atoms with E-state index in [2.05, 4.69) is 4.98 Å². The number of ether oxygens (including phenoxy) is 1. The van der Waals surface area contributed by atoms with Gasteiger partial charge in [-0.1, -0.05) is 0 Å². The molecule has 7 nitrogen and oxygen atoms in total. The fraction of sp³-hybridized carbons (Fsp3) is 0.389. The highest BCUT2D eigenvalue weighted by atomic mass is 16.6. The third-order valence-corrected chi connectivity index (χ3v) is 5.83. The summed E-state index contributed by atoms with van der Waals surface area (Å²) in [5.41, 5.74) is 1.46. The van der Waals surface area contributed by atoms with Crippen LogP contribution in [0.5, 0.6) is 11.8 Å². The van der Waals surface area contributed by atoms with Gasteiger partial charge < -0.3 is 24.5 Å². The van der Waals surface area contributed by atoms with Crippen LogP contribution in [0, 0.1) is 6.92 Å². The molecule has 25 heavy (non-hydrogen) atoms. The number of aromatic nitrogens is 3. The van der Waals surface area contributed by atoms with Gasteiger partial charge in [0, 0.05) is 24.5 Å². The SMILES string of the molecule is Cc1c(-n2c(O)c3c(c2O)C2(C)OC3(C)C[C@H]2O)ccc2nccn12. The number of aliphatic hydroxyl groups excluding tert-OH is 1. The topological polar surface area (TPSA) is 92.2 Å². The zero-order valence-corrected chi connectivity index (χ0v) is 14.2. The van der Waals surface area contributed by atoms with Gasteiger partial charge in [0.05, 0.1) is 28.5 Å². The Bertz CT molecular complexity index is 1050. The highest BCUT2D eigenvalue weighted by Crippen LogP contribution is 2.64. The molecule has 0 saturated carbocycles. The zero-order chi connectivity index (χ0) is 17.7. The summed E-state index contributed by atoms with van der Waals surface area (Å²) in [6.07, 6.45) is 3.18. The van der Waals surface area contributed by atoms with Gasteiger partial charge in [-0.2, -0.15) is 0 Å². The predicted molar refractivity (Wildman–Crippen MR) is 89.0 cm³/mol. The van der Waals surface area contributed by atoms with Crippen molar-refractivity contribution in [2.45, 2.75) is 44.5 Å². The second-order valence-electron chi connectivity index (χ2n) is 7.35. The molecule has 5 rings (SSSR count). The number of aliphatic hydroxyl groups is 1. The molecule has 0 amide bonds. The summed E-state index contributed by atoms with van der Waals surface area (Å²) in [7, 11) is 0. The maximum absolute atomic E-state index is 10.9.